The van der Waals surface area contributed by atoms with Crippen LogP contribution in [0.25, 0.3) is 11.1 Å². The number of para-hydroxylation sites is 4. The van der Waals surface area contributed by atoms with Gasteiger partial charge in [-0.15, -0.1) is 0 Å². The molecule has 0 heterocycles. The fourth-order valence-electron chi connectivity index (χ4n) is 11.7. The van der Waals surface area contributed by atoms with Crippen molar-refractivity contribution in [2.45, 2.75) is 91.4 Å². The van der Waals surface area contributed by atoms with Gasteiger partial charge in [0.1, 0.15) is 23.0 Å². The van der Waals surface area contributed by atoms with Crippen LogP contribution in [0.5, 0.6) is 23.0 Å². The summed E-state index contributed by atoms with van der Waals surface area (Å²) in [6.45, 7) is 20.3. The van der Waals surface area contributed by atoms with E-state index in [2.05, 4.69) is 155 Å². The van der Waals surface area contributed by atoms with E-state index in [1.807, 2.05) is 161 Å². The molecule has 0 spiro atoms. The Hall–Kier alpha value is -5.08. The Bertz CT molecular complexity index is 4360. The van der Waals surface area contributed by atoms with Crippen molar-refractivity contribution in [3.8, 4) is 34.1 Å². The van der Waals surface area contributed by atoms with Crippen LogP contribution in [-0.2, 0) is 77.9 Å². The van der Waals surface area contributed by atoms with Crippen LogP contribution in [0.2, 0.25) is 0 Å². The summed E-state index contributed by atoms with van der Waals surface area (Å²) in [6.07, 6.45) is 6.91. The van der Waals surface area contributed by atoms with E-state index >= 15 is 0 Å². The maximum atomic E-state index is 11.3. The molecule has 0 bridgehead atoms. The summed E-state index contributed by atoms with van der Waals surface area (Å²) in [5.74, 6) is 1.73. The summed E-state index contributed by atoms with van der Waals surface area (Å²) >= 11 is -5.75. The summed E-state index contributed by atoms with van der Waals surface area (Å²) in [7, 11) is 52.2. The molecule has 0 aliphatic carbocycles. The van der Waals surface area contributed by atoms with Crippen molar-refractivity contribution in [3.63, 3.8) is 0 Å². The Morgan fingerprint density at radius 2 is 0.740 bits per heavy atom. The predicted octanol–water partition coefficient (Wildman–Crippen LogP) is 25.4. The molecule has 0 amide bonds. The van der Waals surface area contributed by atoms with Gasteiger partial charge in [0, 0.05) is 113 Å². The summed E-state index contributed by atoms with van der Waals surface area (Å²) in [6, 6.07) is 75.5. The number of aromatic hydroxyl groups is 3. The molecule has 547 valence electrons. The molecule has 10 aromatic carbocycles. The van der Waals surface area contributed by atoms with E-state index in [0.29, 0.717) is 18.9 Å². The molecule has 0 unspecified atom stereocenters. The fourth-order valence-corrected chi connectivity index (χ4v) is 11.7. The minimum atomic E-state index is -1.92. The SMILES string of the molecule is COCCc1ccccc1N=Cc1cc(C)cc(C(C)(C)c2ccccc2)c1O.COc1ccccc1CCN=Cc1cc(C)cc(C(C)(C)c2ccccc2)c1O.Cc1cc(C=Nc2ccccc2-c2ccccc2N(C)C)c(O)c(C(C)(C)c2ccccc2)c1.[Cl][Ti]([Cl])[Cl].[Cl][Ti]([Cl])[Cl].[Cl][Ti]([Cl])[Cl]. The number of nitrogens with zero attached hydrogens (tertiary/aromatic N) is 4. The Balaban J connectivity index is 0.000000260. The molecule has 0 saturated heterocycles. The first-order valence-corrected chi connectivity index (χ1v) is 52.5. The predicted molar refractivity (Wildman–Crippen MR) is 439 cm³/mol. The van der Waals surface area contributed by atoms with E-state index in [9.17, 15) is 15.3 Å². The van der Waals surface area contributed by atoms with Crippen LogP contribution in [0.4, 0.5) is 17.1 Å². The first kappa shape index (κ1) is 89.5. The number of ether oxygens (including phenoxy) is 2. The first-order valence-electron chi connectivity index (χ1n) is 33.2. The van der Waals surface area contributed by atoms with Crippen molar-refractivity contribution < 1.29 is 68.9 Å². The van der Waals surface area contributed by atoms with Crippen LogP contribution in [0.15, 0.2) is 239 Å². The molecule has 3 N–H and O–H groups in total. The molecule has 9 nitrogen and oxygen atoms in total. The van der Waals surface area contributed by atoms with Crippen LogP contribution in [-0.4, -0.2) is 75.4 Å². The van der Waals surface area contributed by atoms with Crippen molar-refractivity contribution in [3.05, 3.63) is 302 Å². The van der Waals surface area contributed by atoms with Gasteiger partial charge in [-0.25, -0.2) is 0 Å². The second-order valence-corrected chi connectivity index (χ2v) is 49.0. The van der Waals surface area contributed by atoms with E-state index in [1.165, 1.54) is 5.56 Å². The minimum absolute atomic E-state index is 0.273. The summed E-state index contributed by atoms with van der Waals surface area (Å²) in [4.78, 5) is 16.2. The van der Waals surface area contributed by atoms with E-state index in [4.69, 9.17) is 98.2 Å². The summed E-state index contributed by atoms with van der Waals surface area (Å²) in [5, 5.41) is 33.4. The third kappa shape index (κ3) is 28.2. The Morgan fingerprint density at radius 3 is 1.14 bits per heavy atom. The maximum absolute atomic E-state index is 11.3. The molecule has 0 radical (unpaired) electrons. The molecule has 21 heteroatoms. The van der Waals surface area contributed by atoms with Gasteiger partial charge in [0.05, 0.1) is 25.1 Å². The van der Waals surface area contributed by atoms with Crippen molar-refractivity contribution in [2.24, 2.45) is 15.0 Å². The van der Waals surface area contributed by atoms with Crippen molar-refractivity contribution in [2.75, 3.05) is 46.4 Å². The zero-order valence-electron chi connectivity index (χ0n) is 60.8. The van der Waals surface area contributed by atoms with Gasteiger partial charge in [0.15, 0.2) is 0 Å². The van der Waals surface area contributed by atoms with Crippen LogP contribution in [0.1, 0.15) is 119 Å². The number of phenols is 3. The van der Waals surface area contributed by atoms with E-state index in [0.717, 1.165) is 119 Å². The van der Waals surface area contributed by atoms with Gasteiger partial charge in [0.2, 0.25) is 0 Å². The number of hydrogen-bond donors (Lipinski definition) is 3. The molecule has 10 aromatic rings. The van der Waals surface area contributed by atoms with Crippen LogP contribution in [0.3, 0.4) is 0 Å². The number of anilines is 1. The van der Waals surface area contributed by atoms with Crippen molar-refractivity contribution in [1.82, 2.24) is 0 Å². The topological polar surface area (TPSA) is 119 Å². The molecule has 0 saturated carbocycles. The van der Waals surface area contributed by atoms with Gasteiger partial charge < -0.3 is 29.7 Å². The monoisotopic (exact) mass is 1680 g/mol. The van der Waals surface area contributed by atoms with E-state index in [-0.39, 0.29) is 27.7 Å². The van der Waals surface area contributed by atoms with Crippen LogP contribution < -0.4 is 9.64 Å². The number of benzene rings is 10. The second-order valence-electron chi connectivity index (χ2n) is 25.8. The Kier molecular flexibility index (Phi) is 38.8. The molecule has 10 rings (SSSR count). The number of phenolic OH excluding ortho intramolecular Hbond substituents is 3. The van der Waals surface area contributed by atoms with Gasteiger partial charge >= 0.3 is 128 Å². The molecular formula is C83H90Cl9N4O5Ti3. The molecule has 0 atom stereocenters. The fraction of sp³-hybridized carbons (Fsp3) is 0.241. The molecule has 104 heavy (non-hydrogen) atoms. The van der Waals surface area contributed by atoms with Crippen LogP contribution >= 0.6 is 83.7 Å². The number of aliphatic imine (C=N–C) groups is 3. The van der Waals surface area contributed by atoms with Crippen molar-refractivity contribution >= 4 is 119 Å². The van der Waals surface area contributed by atoms with E-state index < -0.39 is 44.1 Å². The van der Waals surface area contributed by atoms with Gasteiger partial charge in [-0.1, -0.05) is 224 Å². The van der Waals surface area contributed by atoms with Gasteiger partial charge in [0.25, 0.3) is 0 Å². The number of aryl methyl sites for hydroxylation is 3. The standard InChI is InChI=1S/C31H32N2O.2C26H29NO2.9ClH.3Ti/c1-22-19-23(30(34)27(20-22)31(2,3)24-13-7-6-8-14-24)21-32-28-17-11-9-15-25(28)26-16-10-12-18-29(26)33(4)5;1-19-16-21(18-27-24-13-9-8-10-20(24)14-15-29-4)25(28)23(17-19)26(2,3)22-11-6-5-7-12-22;1-19-16-21(18-27-15-14-20-10-8-9-13-24(20)29-4)25(28)23(17-19)26(2,3)22-11-6-5-7-12-22;;;;;;;;;;;;/h6-21,34H,1-5H3;2*5-13,16-18,28H,14-15H2,1-4H3;9*1H;;;/q;;;;;;;;;;;;3*+3/p-9. The van der Waals surface area contributed by atoms with Gasteiger partial charge in [-0.05, 0) is 121 Å². The zero-order valence-corrected chi connectivity index (χ0v) is 72.3. The van der Waals surface area contributed by atoms with Crippen molar-refractivity contribution in [1.29, 1.82) is 0 Å². The molecular weight excluding hydrogens is 1600 g/mol. The first-order chi connectivity index (χ1) is 49.3. The normalized spacial score (nSPS) is 11.2. The number of rotatable bonds is 20. The summed E-state index contributed by atoms with van der Waals surface area (Å²) < 4.78 is 10.6. The molecule has 0 fully saturated rings. The number of hydrogen-bond acceptors (Lipinski definition) is 9. The third-order valence-electron chi connectivity index (χ3n) is 17.1. The number of halogens is 9. The van der Waals surface area contributed by atoms with E-state index in [1.54, 1.807) is 32.9 Å². The number of methoxy groups -OCH3 is 2. The van der Waals surface area contributed by atoms with Gasteiger partial charge in [-0.2, -0.15) is 0 Å². The van der Waals surface area contributed by atoms with Crippen LogP contribution in [0, 0.1) is 20.8 Å². The zero-order chi connectivity index (χ0) is 76.7. The second kappa shape index (κ2) is 45.0. The Labute approximate surface area is 670 Å². The Morgan fingerprint density at radius 1 is 0.404 bits per heavy atom. The average molecular weight is 1690 g/mol. The van der Waals surface area contributed by atoms with Gasteiger partial charge in [-0.3, -0.25) is 15.0 Å². The summed E-state index contributed by atoms with van der Waals surface area (Å²) in [5.41, 5.74) is 18.0. The average Bonchev–Trinajstić information content (AvgIpc) is 1.02. The third-order valence-corrected chi connectivity index (χ3v) is 17.1. The molecule has 0 aliphatic rings. The quantitative estimate of drug-likeness (QED) is 0.0517. The molecule has 0 aromatic heterocycles. The molecule has 0 aliphatic heterocycles.